The van der Waals surface area contributed by atoms with Gasteiger partial charge in [-0.3, -0.25) is 0 Å². The maximum atomic E-state index is 12.4. The van der Waals surface area contributed by atoms with E-state index in [2.05, 4.69) is 21.0 Å². The molecule has 0 aliphatic heterocycles. The highest BCUT2D eigenvalue weighted by atomic mass is 79.9. The van der Waals surface area contributed by atoms with Gasteiger partial charge in [-0.15, -0.1) is 0 Å². The third-order valence-corrected chi connectivity index (χ3v) is 2.94. The number of hydrogen-bond donors (Lipinski definition) is 0. The monoisotopic (exact) mass is 318 g/mol. The zero-order valence-corrected chi connectivity index (χ0v) is 11.1. The van der Waals surface area contributed by atoms with E-state index < -0.39 is 11.7 Å². The van der Waals surface area contributed by atoms with Gasteiger partial charge in [-0.25, -0.2) is 4.68 Å². The van der Waals surface area contributed by atoms with Gasteiger partial charge in [0.05, 0.1) is 11.3 Å². The molecule has 0 radical (unpaired) electrons. The predicted molar refractivity (Wildman–Crippen MR) is 65.6 cm³/mol. The summed E-state index contributed by atoms with van der Waals surface area (Å²) >= 11 is 3.26. The first-order valence-electron chi connectivity index (χ1n) is 5.34. The Labute approximate surface area is 111 Å². The zero-order valence-electron chi connectivity index (χ0n) is 9.50. The van der Waals surface area contributed by atoms with E-state index in [0.717, 1.165) is 24.2 Å². The highest BCUT2D eigenvalue weighted by Gasteiger charge is 2.30. The molecule has 0 atom stereocenters. The van der Waals surface area contributed by atoms with Gasteiger partial charge in [-0.05, 0) is 52.7 Å². The quantitative estimate of drug-likeness (QED) is 0.810. The van der Waals surface area contributed by atoms with Crippen LogP contribution in [0.2, 0.25) is 0 Å². The molecular formula is C12H10BrF3N2. The van der Waals surface area contributed by atoms with Crippen LogP contribution in [-0.2, 0) is 12.6 Å². The summed E-state index contributed by atoms with van der Waals surface area (Å²) in [6.45, 7) is 1.96. The van der Waals surface area contributed by atoms with Crippen molar-refractivity contribution in [1.29, 1.82) is 0 Å². The fourth-order valence-corrected chi connectivity index (χ4v) is 2.08. The summed E-state index contributed by atoms with van der Waals surface area (Å²) in [6.07, 6.45) is -3.56. The van der Waals surface area contributed by atoms with E-state index in [0.29, 0.717) is 10.3 Å². The van der Waals surface area contributed by atoms with Crippen LogP contribution in [0.1, 0.15) is 18.2 Å². The molecule has 0 unspecified atom stereocenters. The minimum Gasteiger partial charge on any atom is -0.237 e. The van der Waals surface area contributed by atoms with Crippen molar-refractivity contribution in [2.45, 2.75) is 19.5 Å². The fraction of sp³-hybridized carbons (Fsp3) is 0.250. The van der Waals surface area contributed by atoms with Crippen molar-refractivity contribution in [2.75, 3.05) is 0 Å². The van der Waals surface area contributed by atoms with Crippen molar-refractivity contribution in [2.24, 2.45) is 0 Å². The highest BCUT2D eigenvalue weighted by Crippen LogP contribution is 2.29. The van der Waals surface area contributed by atoms with Crippen LogP contribution in [0, 0.1) is 0 Å². The SMILES string of the molecule is CCc1cc(Br)nn1-c1ccc(C(F)(F)F)cc1. The van der Waals surface area contributed by atoms with Crippen LogP contribution in [0.15, 0.2) is 34.9 Å². The molecule has 2 aromatic rings. The number of rotatable bonds is 2. The van der Waals surface area contributed by atoms with E-state index >= 15 is 0 Å². The minimum absolute atomic E-state index is 0.616. The Hall–Kier alpha value is -1.30. The summed E-state index contributed by atoms with van der Waals surface area (Å²) in [7, 11) is 0. The third kappa shape index (κ3) is 2.58. The standard InChI is InChI=1S/C12H10BrF3N2/c1-2-9-7-11(13)17-18(9)10-5-3-8(4-6-10)12(14,15)16/h3-7H,2H2,1H3. The van der Waals surface area contributed by atoms with Gasteiger partial charge in [0, 0.05) is 5.69 Å². The van der Waals surface area contributed by atoms with Crippen molar-refractivity contribution in [1.82, 2.24) is 9.78 Å². The van der Waals surface area contributed by atoms with Crippen LogP contribution in [-0.4, -0.2) is 9.78 Å². The molecule has 6 heteroatoms. The second-order valence-corrected chi connectivity index (χ2v) is 4.58. The van der Waals surface area contributed by atoms with Crippen LogP contribution in [0.3, 0.4) is 0 Å². The molecule has 1 aromatic heterocycles. The molecule has 2 nitrogen and oxygen atoms in total. The van der Waals surface area contributed by atoms with Crippen LogP contribution >= 0.6 is 15.9 Å². The average molecular weight is 319 g/mol. The van der Waals surface area contributed by atoms with Gasteiger partial charge >= 0.3 is 6.18 Å². The number of aryl methyl sites for hydroxylation is 1. The lowest BCUT2D eigenvalue weighted by atomic mass is 10.2. The molecule has 2 rings (SSSR count). The average Bonchev–Trinajstić information content (AvgIpc) is 2.69. The first kappa shape index (κ1) is 13.1. The topological polar surface area (TPSA) is 17.8 Å². The van der Waals surface area contributed by atoms with Gasteiger partial charge in [-0.2, -0.15) is 18.3 Å². The third-order valence-electron chi connectivity index (χ3n) is 2.55. The van der Waals surface area contributed by atoms with Crippen LogP contribution < -0.4 is 0 Å². The van der Waals surface area contributed by atoms with Crippen LogP contribution in [0.5, 0.6) is 0 Å². The number of alkyl halides is 3. The molecule has 96 valence electrons. The Morgan fingerprint density at radius 3 is 2.33 bits per heavy atom. The molecule has 18 heavy (non-hydrogen) atoms. The zero-order chi connectivity index (χ0) is 13.3. The second-order valence-electron chi connectivity index (χ2n) is 3.77. The van der Waals surface area contributed by atoms with Gasteiger partial charge in [0.2, 0.25) is 0 Å². The van der Waals surface area contributed by atoms with Crippen LogP contribution in [0.4, 0.5) is 13.2 Å². The van der Waals surface area contributed by atoms with Crippen molar-refractivity contribution in [3.63, 3.8) is 0 Å². The van der Waals surface area contributed by atoms with Gasteiger partial charge in [0.25, 0.3) is 0 Å². The molecule has 0 aliphatic rings. The molecule has 0 saturated heterocycles. The molecule has 0 aliphatic carbocycles. The predicted octanol–water partition coefficient (Wildman–Crippen LogP) is 4.22. The van der Waals surface area contributed by atoms with Crippen molar-refractivity contribution < 1.29 is 13.2 Å². The van der Waals surface area contributed by atoms with Crippen molar-refractivity contribution in [3.8, 4) is 5.69 Å². The van der Waals surface area contributed by atoms with E-state index in [4.69, 9.17) is 0 Å². The number of benzene rings is 1. The summed E-state index contributed by atoms with van der Waals surface area (Å²) in [6, 6.07) is 6.80. The molecule has 0 saturated carbocycles. The highest BCUT2D eigenvalue weighted by molar-refractivity contribution is 9.10. The van der Waals surface area contributed by atoms with E-state index in [1.165, 1.54) is 12.1 Å². The van der Waals surface area contributed by atoms with E-state index in [-0.39, 0.29) is 0 Å². The Morgan fingerprint density at radius 1 is 1.22 bits per heavy atom. The molecule has 1 heterocycles. The lowest BCUT2D eigenvalue weighted by molar-refractivity contribution is -0.137. The van der Waals surface area contributed by atoms with Crippen LogP contribution in [0.25, 0.3) is 5.69 Å². The normalized spacial score (nSPS) is 11.8. The number of halogens is 4. The maximum absolute atomic E-state index is 12.4. The lowest BCUT2D eigenvalue weighted by Gasteiger charge is -2.09. The largest absolute Gasteiger partial charge is 0.416 e. The van der Waals surface area contributed by atoms with Gasteiger partial charge in [0.1, 0.15) is 4.60 Å². The molecule has 0 N–H and O–H groups in total. The summed E-state index contributed by atoms with van der Waals surface area (Å²) in [5, 5.41) is 4.20. The lowest BCUT2D eigenvalue weighted by Crippen LogP contribution is -2.06. The molecular weight excluding hydrogens is 309 g/mol. The number of aromatic nitrogens is 2. The summed E-state index contributed by atoms with van der Waals surface area (Å²) in [4.78, 5) is 0. The van der Waals surface area contributed by atoms with E-state index in [1.807, 2.05) is 13.0 Å². The summed E-state index contributed by atoms with van der Waals surface area (Å²) in [5.74, 6) is 0. The minimum atomic E-state index is -4.31. The Balaban J connectivity index is 2.40. The molecule has 0 bridgehead atoms. The Kier molecular flexibility index (Phi) is 3.47. The molecule has 0 spiro atoms. The molecule has 1 aromatic carbocycles. The van der Waals surface area contributed by atoms with Gasteiger partial charge in [0.15, 0.2) is 0 Å². The first-order chi connectivity index (χ1) is 8.41. The maximum Gasteiger partial charge on any atom is 0.416 e. The molecule has 0 fully saturated rings. The van der Waals surface area contributed by atoms with E-state index in [1.54, 1.807) is 4.68 Å². The van der Waals surface area contributed by atoms with Crippen molar-refractivity contribution >= 4 is 15.9 Å². The van der Waals surface area contributed by atoms with E-state index in [9.17, 15) is 13.2 Å². The second kappa shape index (κ2) is 4.76. The number of nitrogens with zero attached hydrogens (tertiary/aromatic N) is 2. The smallest absolute Gasteiger partial charge is 0.237 e. The first-order valence-corrected chi connectivity index (χ1v) is 6.13. The fourth-order valence-electron chi connectivity index (χ4n) is 1.65. The summed E-state index contributed by atoms with van der Waals surface area (Å²) < 4.78 is 39.6. The number of hydrogen-bond acceptors (Lipinski definition) is 1. The Bertz CT molecular complexity index is 543. The Morgan fingerprint density at radius 2 is 1.83 bits per heavy atom. The molecule has 0 amide bonds. The van der Waals surface area contributed by atoms with Gasteiger partial charge in [-0.1, -0.05) is 6.92 Å². The van der Waals surface area contributed by atoms with Crippen molar-refractivity contribution in [3.05, 3.63) is 46.2 Å². The van der Waals surface area contributed by atoms with Gasteiger partial charge < -0.3 is 0 Å². The summed E-state index contributed by atoms with van der Waals surface area (Å²) in [5.41, 5.74) is 0.891.